The Hall–Kier alpha value is -2.19. The van der Waals surface area contributed by atoms with Crippen LogP contribution in [0.2, 0.25) is 0 Å². The van der Waals surface area contributed by atoms with Crippen LogP contribution in [0.4, 0.5) is 4.39 Å². The van der Waals surface area contributed by atoms with Gasteiger partial charge in [-0.1, -0.05) is 19.1 Å². The number of β-amino-alcohol motifs (C(OH)–C–C–N with tert-alkyl or cyclic N) is 2. The van der Waals surface area contributed by atoms with Crippen LogP contribution in [0.5, 0.6) is 11.5 Å². The van der Waals surface area contributed by atoms with Crippen molar-refractivity contribution in [2.45, 2.75) is 25.0 Å². The van der Waals surface area contributed by atoms with Crippen molar-refractivity contribution in [2.24, 2.45) is 0 Å². The Kier molecular flexibility index (Phi) is 8.66. The summed E-state index contributed by atoms with van der Waals surface area (Å²) in [5.74, 6) is 1.05. The number of hydrogen-bond acceptors (Lipinski definition) is 6. The number of nitrogens with zero attached hydrogens (tertiary/aromatic N) is 2. The number of ether oxygens (including phenoxy) is 2. The molecule has 1 saturated heterocycles. The van der Waals surface area contributed by atoms with E-state index in [1.54, 1.807) is 13.2 Å². The van der Waals surface area contributed by atoms with Crippen LogP contribution in [0.3, 0.4) is 0 Å². The van der Waals surface area contributed by atoms with E-state index in [1.165, 1.54) is 12.1 Å². The lowest BCUT2D eigenvalue weighted by molar-refractivity contribution is 0.0297. The van der Waals surface area contributed by atoms with E-state index in [9.17, 15) is 14.6 Å². The summed E-state index contributed by atoms with van der Waals surface area (Å²) in [5, 5.41) is 20.9. The second kappa shape index (κ2) is 11.4. The summed E-state index contributed by atoms with van der Waals surface area (Å²) >= 11 is 0. The van der Waals surface area contributed by atoms with E-state index in [2.05, 4.69) is 9.80 Å². The summed E-state index contributed by atoms with van der Waals surface area (Å²) in [6.07, 6.45) is -1.14. The molecule has 1 aliphatic rings. The van der Waals surface area contributed by atoms with Gasteiger partial charge in [-0.05, 0) is 42.0 Å². The minimum absolute atomic E-state index is 0.134. The van der Waals surface area contributed by atoms with Gasteiger partial charge in [-0.2, -0.15) is 0 Å². The van der Waals surface area contributed by atoms with E-state index in [0.717, 1.165) is 37.5 Å². The van der Waals surface area contributed by atoms with Gasteiger partial charge < -0.3 is 19.7 Å². The Morgan fingerprint density at radius 2 is 1.55 bits per heavy atom. The average molecular weight is 433 g/mol. The summed E-state index contributed by atoms with van der Waals surface area (Å²) in [6, 6.07) is 13.7. The molecule has 2 aromatic carbocycles. The summed E-state index contributed by atoms with van der Waals surface area (Å²) in [4.78, 5) is 4.43. The fourth-order valence-electron chi connectivity index (χ4n) is 3.80. The maximum absolute atomic E-state index is 13.4. The van der Waals surface area contributed by atoms with Gasteiger partial charge in [0.25, 0.3) is 0 Å². The van der Waals surface area contributed by atoms with Crippen LogP contribution in [0, 0.1) is 5.82 Å². The lowest BCUT2D eigenvalue weighted by Crippen LogP contribution is -2.51. The van der Waals surface area contributed by atoms with Crippen LogP contribution >= 0.6 is 0 Å². The second-order valence-corrected chi connectivity index (χ2v) is 8.15. The molecule has 170 valence electrons. The Labute approximate surface area is 183 Å². The van der Waals surface area contributed by atoms with E-state index in [0.29, 0.717) is 18.8 Å². The quantitative estimate of drug-likeness (QED) is 0.601. The first-order chi connectivity index (χ1) is 14.9. The fourth-order valence-corrected chi connectivity index (χ4v) is 3.80. The summed E-state index contributed by atoms with van der Waals surface area (Å²) in [5.41, 5.74) is 0.811. The molecule has 3 rings (SSSR count). The first-order valence-electron chi connectivity index (χ1n) is 10.8. The zero-order valence-electron chi connectivity index (χ0n) is 18.3. The highest BCUT2D eigenvalue weighted by Crippen LogP contribution is 2.21. The van der Waals surface area contributed by atoms with E-state index >= 15 is 0 Å². The van der Waals surface area contributed by atoms with Gasteiger partial charge in [0.2, 0.25) is 0 Å². The van der Waals surface area contributed by atoms with Crippen molar-refractivity contribution in [3.05, 3.63) is 59.9 Å². The normalized spacial score (nSPS) is 18.4. The van der Waals surface area contributed by atoms with Gasteiger partial charge in [-0.15, -0.1) is 0 Å². The highest BCUT2D eigenvalue weighted by Gasteiger charge is 2.24. The standard InChI is InChI=1S/C24H33FN2O4/c1-18(19-4-3-5-20(25)14-19)24(29)16-27-12-10-26(11-13-27)15-21(28)17-31-23-8-6-22(30-2)7-9-23/h3-9,14,18,21,24,28-29H,10-13,15-17H2,1-2H3. The number of halogens is 1. The third-order valence-electron chi connectivity index (χ3n) is 5.83. The van der Waals surface area contributed by atoms with Gasteiger partial charge in [0.15, 0.2) is 0 Å². The SMILES string of the molecule is COc1ccc(OCC(O)CN2CCN(CC(O)C(C)c3cccc(F)c3)CC2)cc1. The monoisotopic (exact) mass is 432 g/mol. The van der Waals surface area contributed by atoms with Crippen molar-refractivity contribution in [3.8, 4) is 11.5 Å². The number of piperazine rings is 1. The lowest BCUT2D eigenvalue weighted by Gasteiger charge is -2.37. The summed E-state index contributed by atoms with van der Waals surface area (Å²) in [6.45, 7) is 6.53. The molecular weight excluding hydrogens is 399 g/mol. The molecule has 1 fully saturated rings. The molecule has 3 atom stereocenters. The Morgan fingerprint density at radius 3 is 2.16 bits per heavy atom. The Balaban J connectivity index is 1.36. The van der Waals surface area contributed by atoms with E-state index in [1.807, 2.05) is 37.3 Å². The van der Waals surface area contributed by atoms with Crippen molar-refractivity contribution >= 4 is 0 Å². The summed E-state index contributed by atoms with van der Waals surface area (Å²) < 4.78 is 24.2. The zero-order valence-corrected chi connectivity index (χ0v) is 18.3. The van der Waals surface area contributed by atoms with Crippen LogP contribution in [0.15, 0.2) is 48.5 Å². The van der Waals surface area contributed by atoms with Crippen LogP contribution in [0.25, 0.3) is 0 Å². The van der Waals surface area contributed by atoms with Crippen LogP contribution < -0.4 is 9.47 Å². The smallest absolute Gasteiger partial charge is 0.123 e. The number of hydrogen-bond donors (Lipinski definition) is 2. The van der Waals surface area contributed by atoms with Crippen LogP contribution in [-0.4, -0.2) is 85.2 Å². The predicted molar refractivity (Wildman–Crippen MR) is 118 cm³/mol. The molecule has 0 spiro atoms. The number of aliphatic hydroxyl groups excluding tert-OH is 2. The fraction of sp³-hybridized carbons (Fsp3) is 0.500. The van der Waals surface area contributed by atoms with Crippen LogP contribution in [0.1, 0.15) is 18.4 Å². The minimum Gasteiger partial charge on any atom is -0.497 e. The first-order valence-corrected chi connectivity index (χ1v) is 10.8. The number of methoxy groups -OCH3 is 1. The van der Waals surface area contributed by atoms with Gasteiger partial charge >= 0.3 is 0 Å². The van der Waals surface area contributed by atoms with Crippen LogP contribution in [-0.2, 0) is 0 Å². The minimum atomic E-state index is -0.577. The molecule has 7 heteroatoms. The van der Waals surface area contributed by atoms with Crippen molar-refractivity contribution < 1.29 is 24.1 Å². The number of rotatable bonds is 10. The highest BCUT2D eigenvalue weighted by molar-refractivity contribution is 5.31. The molecule has 2 N–H and O–H groups in total. The molecule has 2 aromatic rings. The average Bonchev–Trinajstić information content (AvgIpc) is 2.78. The topological polar surface area (TPSA) is 65.4 Å². The molecule has 31 heavy (non-hydrogen) atoms. The summed E-state index contributed by atoms with van der Waals surface area (Å²) in [7, 11) is 1.62. The van der Waals surface area contributed by atoms with E-state index < -0.39 is 12.2 Å². The van der Waals surface area contributed by atoms with Crippen molar-refractivity contribution in [1.29, 1.82) is 0 Å². The Morgan fingerprint density at radius 1 is 0.935 bits per heavy atom. The number of benzene rings is 2. The molecule has 0 saturated carbocycles. The molecule has 0 bridgehead atoms. The molecule has 0 aromatic heterocycles. The second-order valence-electron chi connectivity index (χ2n) is 8.15. The third kappa shape index (κ3) is 7.18. The highest BCUT2D eigenvalue weighted by atomic mass is 19.1. The number of aliphatic hydroxyl groups is 2. The largest absolute Gasteiger partial charge is 0.497 e. The maximum atomic E-state index is 13.4. The van der Waals surface area contributed by atoms with Crippen molar-refractivity contribution in [1.82, 2.24) is 9.80 Å². The molecule has 1 aliphatic heterocycles. The molecule has 0 aliphatic carbocycles. The maximum Gasteiger partial charge on any atom is 0.123 e. The molecule has 1 heterocycles. The van der Waals surface area contributed by atoms with Crippen molar-refractivity contribution in [3.63, 3.8) is 0 Å². The van der Waals surface area contributed by atoms with Gasteiger partial charge in [0, 0.05) is 45.2 Å². The van der Waals surface area contributed by atoms with Gasteiger partial charge in [-0.3, -0.25) is 9.80 Å². The molecular formula is C24H33FN2O4. The molecule has 0 radical (unpaired) electrons. The van der Waals surface area contributed by atoms with Gasteiger partial charge in [0.1, 0.15) is 30.0 Å². The Bertz CT molecular complexity index is 796. The first kappa shape index (κ1) is 23.5. The van der Waals surface area contributed by atoms with Crippen molar-refractivity contribution in [2.75, 3.05) is 53.0 Å². The predicted octanol–water partition coefficient (Wildman–Crippen LogP) is 2.36. The van der Waals surface area contributed by atoms with Gasteiger partial charge in [-0.25, -0.2) is 4.39 Å². The zero-order chi connectivity index (χ0) is 22.2. The molecule has 0 amide bonds. The van der Waals surface area contributed by atoms with E-state index in [4.69, 9.17) is 9.47 Å². The van der Waals surface area contributed by atoms with E-state index in [-0.39, 0.29) is 18.3 Å². The van der Waals surface area contributed by atoms with Gasteiger partial charge in [0.05, 0.1) is 13.2 Å². The molecule has 3 unspecified atom stereocenters. The third-order valence-corrected chi connectivity index (χ3v) is 5.83. The lowest BCUT2D eigenvalue weighted by atomic mass is 9.95. The molecule has 6 nitrogen and oxygen atoms in total.